The summed E-state index contributed by atoms with van der Waals surface area (Å²) in [5.74, 6) is 1.44. The van der Waals surface area contributed by atoms with Crippen LogP contribution in [0.1, 0.15) is 37.7 Å². The van der Waals surface area contributed by atoms with Gasteiger partial charge in [0.25, 0.3) is 0 Å². The van der Waals surface area contributed by atoms with Crippen LogP contribution in [0.5, 0.6) is 0 Å². The zero-order valence-electron chi connectivity index (χ0n) is 10.1. The highest BCUT2D eigenvalue weighted by Crippen LogP contribution is 2.20. The highest BCUT2D eigenvalue weighted by atomic mass is 127. The predicted octanol–water partition coefficient (Wildman–Crippen LogP) is 2.34. The minimum atomic E-state index is 0.281. The number of nitrogens with two attached hydrogens (primary N) is 1. The van der Waals surface area contributed by atoms with Crippen LogP contribution < -0.4 is 5.73 Å². The summed E-state index contributed by atoms with van der Waals surface area (Å²) in [4.78, 5) is 8.97. The van der Waals surface area contributed by atoms with Gasteiger partial charge in [-0.15, -0.1) is 0 Å². The molecule has 0 radical (unpaired) electrons. The first kappa shape index (κ1) is 13.0. The van der Waals surface area contributed by atoms with Gasteiger partial charge in [-0.05, 0) is 41.9 Å². The summed E-state index contributed by atoms with van der Waals surface area (Å²) >= 11 is 2.23. The fraction of sp³-hybridized carbons (Fsp3) is 0.667. The summed E-state index contributed by atoms with van der Waals surface area (Å²) in [6.45, 7) is 3.01. The molecule has 1 atom stereocenters. The molecular formula is C12H18IN3O. The predicted molar refractivity (Wildman–Crippen MR) is 75.8 cm³/mol. The lowest BCUT2D eigenvalue weighted by Crippen LogP contribution is -2.14. The molecule has 1 aliphatic heterocycles. The van der Waals surface area contributed by atoms with Gasteiger partial charge in [-0.25, -0.2) is 9.97 Å². The maximum Gasteiger partial charge on any atom is 0.140 e. The largest absolute Gasteiger partial charge is 0.383 e. The van der Waals surface area contributed by atoms with Gasteiger partial charge in [-0.1, -0.05) is 13.3 Å². The SMILES string of the molecule is CCCc1nc(CC2CCCO2)nc(N)c1I. The Morgan fingerprint density at radius 1 is 1.47 bits per heavy atom. The number of aromatic nitrogens is 2. The molecule has 1 unspecified atom stereocenters. The molecule has 1 aromatic rings. The van der Waals surface area contributed by atoms with E-state index in [1.165, 1.54) is 0 Å². The van der Waals surface area contributed by atoms with E-state index in [2.05, 4.69) is 39.5 Å². The van der Waals surface area contributed by atoms with Crippen molar-refractivity contribution >= 4 is 28.4 Å². The lowest BCUT2D eigenvalue weighted by Gasteiger charge is -2.11. The molecule has 2 heterocycles. The maximum absolute atomic E-state index is 5.93. The highest BCUT2D eigenvalue weighted by molar-refractivity contribution is 14.1. The summed E-state index contributed by atoms with van der Waals surface area (Å²) in [6, 6.07) is 0. The number of hydrogen-bond donors (Lipinski definition) is 1. The van der Waals surface area contributed by atoms with Crippen molar-refractivity contribution in [3.8, 4) is 0 Å². The van der Waals surface area contributed by atoms with Gasteiger partial charge in [0.05, 0.1) is 15.4 Å². The lowest BCUT2D eigenvalue weighted by atomic mass is 10.1. The second kappa shape index (κ2) is 5.95. The molecule has 4 nitrogen and oxygen atoms in total. The first-order chi connectivity index (χ1) is 8.20. The molecular weight excluding hydrogens is 329 g/mol. The normalized spacial score (nSPS) is 19.8. The van der Waals surface area contributed by atoms with E-state index in [0.29, 0.717) is 5.82 Å². The molecule has 94 valence electrons. The van der Waals surface area contributed by atoms with Crippen LogP contribution in [0.4, 0.5) is 5.82 Å². The molecule has 0 spiro atoms. The summed E-state index contributed by atoms with van der Waals surface area (Å²) in [5.41, 5.74) is 7.00. The van der Waals surface area contributed by atoms with Crippen LogP contribution >= 0.6 is 22.6 Å². The first-order valence-electron chi connectivity index (χ1n) is 6.13. The molecule has 1 aromatic heterocycles. The number of rotatable bonds is 4. The van der Waals surface area contributed by atoms with Crippen molar-refractivity contribution in [3.05, 3.63) is 15.1 Å². The van der Waals surface area contributed by atoms with Gasteiger partial charge in [0, 0.05) is 13.0 Å². The molecule has 1 fully saturated rings. The third kappa shape index (κ3) is 3.28. The van der Waals surface area contributed by atoms with E-state index in [1.807, 2.05) is 0 Å². The van der Waals surface area contributed by atoms with Gasteiger partial charge in [-0.3, -0.25) is 0 Å². The van der Waals surface area contributed by atoms with E-state index in [0.717, 1.165) is 53.8 Å². The number of nitrogen functional groups attached to an aromatic ring is 1. The van der Waals surface area contributed by atoms with Crippen LogP contribution in [0.3, 0.4) is 0 Å². The fourth-order valence-corrected chi connectivity index (χ4v) is 2.58. The van der Waals surface area contributed by atoms with Crippen LogP contribution in [0.25, 0.3) is 0 Å². The van der Waals surface area contributed by atoms with Crippen molar-refractivity contribution in [3.63, 3.8) is 0 Å². The Morgan fingerprint density at radius 3 is 2.94 bits per heavy atom. The van der Waals surface area contributed by atoms with Crippen molar-refractivity contribution in [2.24, 2.45) is 0 Å². The average Bonchev–Trinajstić information content (AvgIpc) is 2.78. The molecule has 1 saturated heterocycles. The highest BCUT2D eigenvalue weighted by Gasteiger charge is 2.18. The Bertz CT molecular complexity index is 392. The molecule has 5 heteroatoms. The Kier molecular flexibility index (Phi) is 4.55. The van der Waals surface area contributed by atoms with Gasteiger partial charge in [0.1, 0.15) is 11.6 Å². The number of aryl methyl sites for hydroxylation is 1. The number of nitrogens with zero attached hydrogens (tertiary/aromatic N) is 2. The van der Waals surface area contributed by atoms with Crippen LogP contribution in [-0.4, -0.2) is 22.7 Å². The molecule has 0 aromatic carbocycles. The minimum Gasteiger partial charge on any atom is -0.383 e. The van der Waals surface area contributed by atoms with Crippen molar-refractivity contribution in [2.75, 3.05) is 12.3 Å². The molecule has 17 heavy (non-hydrogen) atoms. The van der Waals surface area contributed by atoms with Crippen molar-refractivity contribution in [2.45, 2.75) is 45.1 Å². The van der Waals surface area contributed by atoms with Crippen LogP contribution in [-0.2, 0) is 17.6 Å². The van der Waals surface area contributed by atoms with Gasteiger partial charge in [-0.2, -0.15) is 0 Å². The molecule has 2 rings (SSSR count). The van der Waals surface area contributed by atoms with E-state index in [-0.39, 0.29) is 6.10 Å². The summed E-state index contributed by atoms with van der Waals surface area (Å²) in [5, 5.41) is 0. The third-order valence-corrected chi connectivity index (χ3v) is 4.09. The molecule has 1 aliphatic rings. The van der Waals surface area contributed by atoms with E-state index >= 15 is 0 Å². The second-order valence-corrected chi connectivity index (χ2v) is 5.45. The summed E-state index contributed by atoms with van der Waals surface area (Å²) in [6.07, 6.45) is 5.36. The molecule has 0 bridgehead atoms. The molecule has 0 amide bonds. The first-order valence-corrected chi connectivity index (χ1v) is 7.21. The summed E-state index contributed by atoms with van der Waals surface area (Å²) in [7, 11) is 0. The standard InChI is InChI=1S/C12H18IN3O/c1-2-4-9-11(13)12(14)16-10(15-9)7-8-5-3-6-17-8/h8H,2-7H2,1H3,(H2,14,15,16). The maximum atomic E-state index is 5.93. The van der Waals surface area contributed by atoms with E-state index in [1.54, 1.807) is 0 Å². The van der Waals surface area contributed by atoms with E-state index < -0.39 is 0 Å². The molecule has 0 saturated carbocycles. The van der Waals surface area contributed by atoms with Gasteiger partial charge in [0.2, 0.25) is 0 Å². The smallest absolute Gasteiger partial charge is 0.140 e. The van der Waals surface area contributed by atoms with Crippen molar-refractivity contribution < 1.29 is 4.74 Å². The number of anilines is 1. The Morgan fingerprint density at radius 2 is 2.29 bits per heavy atom. The van der Waals surface area contributed by atoms with Crippen LogP contribution in [0.15, 0.2) is 0 Å². The number of hydrogen-bond acceptors (Lipinski definition) is 4. The van der Waals surface area contributed by atoms with Crippen LogP contribution in [0, 0.1) is 3.57 Å². The molecule has 2 N–H and O–H groups in total. The lowest BCUT2D eigenvalue weighted by molar-refractivity contribution is 0.110. The molecule has 0 aliphatic carbocycles. The Labute approximate surface area is 115 Å². The Hall–Kier alpha value is -0.430. The monoisotopic (exact) mass is 347 g/mol. The second-order valence-electron chi connectivity index (χ2n) is 4.37. The van der Waals surface area contributed by atoms with Crippen molar-refractivity contribution in [1.29, 1.82) is 0 Å². The zero-order chi connectivity index (χ0) is 12.3. The fourth-order valence-electron chi connectivity index (χ4n) is 2.07. The zero-order valence-corrected chi connectivity index (χ0v) is 12.2. The Balaban J connectivity index is 2.16. The minimum absolute atomic E-state index is 0.281. The van der Waals surface area contributed by atoms with Crippen molar-refractivity contribution in [1.82, 2.24) is 9.97 Å². The van der Waals surface area contributed by atoms with Gasteiger partial charge >= 0.3 is 0 Å². The third-order valence-electron chi connectivity index (χ3n) is 2.91. The van der Waals surface area contributed by atoms with Gasteiger partial charge in [0.15, 0.2) is 0 Å². The number of halogens is 1. The summed E-state index contributed by atoms with van der Waals surface area (Å²) < 4.78 is 6.60. The van der Waals surface area contributed by atoms with Gasteiger partial charge < -0.3 is 10.5 Å². The number of ether oxygens (including phenoxy) is 1. The van der Waals surface area contributed by atoms with E-state index in [4.69, 9.17) is 10.5 Å². The topological polar surface area (TPSA) is 61.0 Å². The van der Waals surface area contributed by atoms with Crippen LogP contribution in [0.2, 0.25) is 0 Å². The van der Waals surface area contributed by atoms with E-state index in [9.17, 15) is 0 Å². The average molecular weight is 347 g/mol. The quantitative estimate of drug-likeness (QED) is 0.850.